The zero-order chi connectivity index (χ0) is 21.0. The Bertz CT molecular complexity index is 686. The van der Waals surface area contributed by atoms with Gasteiger partial charge in [0.15, 0.2) is 9.84 Å². The number of benzene rings is 1. The lowest BCUT2D eigenvalue weighted by atomic mass is 9.81. The van der Waals surface area contributed by atoms with Crippen LogP contribution in [0.25, 0.3) is 0 Å². The Hall–Kier alpha value is -1.04. The first kappa shape index (κ1) is 24.0. The van der Waals surface area contributed by atoms with Crippen LogP contribution in [0.2, 0.25) is 0 Å². The minimum absolute atomic E-state index is 0.188. The van der Waals surface area contributed by atoms with Gasteiger partial charge in [0.25, 0.3) is 0 Å². The van der Waals surface area contributed by atoms with Gasteiger partial charge in [0, 0.05) is 0 Å². The van der Waals surface area contributed by atoms with Gasteiger partial charge in [0.1, 0.15) is 0 Å². The van der Waals surface area contributed by atoms with E-state index in [-0.39, 0.29) is 11.7 Å². The molecule has 3 unspecified atom stereocenters. The van der Waals surface area contributed by atoms with Crippen molar-refractivity contribution in [2.75, 3.05) is 5.75 Å². The Morgan fingerprint density at radius 3 is 1.81 bits per heavy atom. The van der Waals surface area contributed by atoms with Gasteiger partial charge >= 0.3 is 6.18 Å². The van der Waals surface area contributed by atoms with Gasteiger partial charge in [0.2, 0.25) is 0 Å². The van der Waals surface area contributed by atoms with E-state index >= 15 is 0 Å². The van der Waals surface area contributed by atoms with E-state index in [4.69, 9.17) is 0 Å². The smallest absolute Gasteiger partial charge is 0.228 e. The summed E-state index contributed by atoms with van der Waals surface area (Å²) in [6, 6.07) is 5.34. The summed E-state index contributed by atoms with van der Waals surface area (Å²) in [5.74, 6) is 1.16. The van der Waals surface area contributed by atoms with Crippen LogP contribution in [0, 0.1) is 17.8 Å². The van der Waals surface area contributed by atoms with Crippen molar-refractivity contribution in [1.82, 2.24) is 0 Å². The van der Waals surface area contributed by atoms with Crippen molar-refractivity contribution in [1.29, 1.82) is 0 Å². The molecule has 0 spiro atoms. The molecule has 0 N–H and O–H groups in total. The molecule has 1 aromatic rings. The van der Waals surface area contributed by atoms with Crippen LogP contribution in [-0.4, -0.2) is 18.9 Å². The van der Waals surface area contributed by atoms with Crippen molar-refractivity contribution in [3.8, 4) is 0 Å². The van der Waals surface area contributed by atoms with Crippen LogP contribution in [0.1, 0.15) is 65.5 Å². The summed E-state index contributed by atoms with van der Waals surface area (Å²) in [7, 11) is -3.12. The quantitative estimate of drug-likeness (QED) is 0.519. The molecule has 0 saturated carbocycles. The molecular formula is C21H33F3O2S. The molecule has 1 aromatic carbocycles. The highest BCUT2D eigenvalue weighted by atomic mass is 32.2. The lowest BCUT2D eigenvalue weighted by Gasteiger charge is -2.27. The van der Waals surface area contributed by atoms with Crippen molar-refractivity contribution >= 4 is 9.84 Å². The molecule has 27 heavy (non-hydrogen) atoms. The van der Waals surface area contributed by atoms with E-state index in [2.05, 4.69) is 20.8 Å². The number of sulfone groups is 1. The van der Waals surface area contributed by atoms with Gasteiger partial charge in [-0.1, -0.05) is 32.9 Å². The van der Waals surface area contributed by atoms with E-state index in [9.17, 15) is 21.6 Å². The maximum absolute atomic E-state index is 12.6. The standard InChI is InChI=1S/C21H33F3O2S/c1-15(7-8-18-9-11-19(12-10-18)21(22,23)24)17(3)16(2)13-14-27(25,26)20(4,5)6/h9-12,15-17H,7-8,13-14H2,1-6H3. The fourth-order valence-corrected chi connectivity index (χ4v) is 4.28. The van der Waals surface area contributed by atoms with Gasteiger partial charge in [-0.25, -0.2) is 8.42 Å². The maximum atomic E-state index is 12.6. The Kier molecular flexibility index (Phi) is 7.98. The summed E-state index contributed by atoms with van der Waals surface area (Å²) in [5.41, 5.74) is 0.270. The zero-order valence-corrected chi connectivity index (χ0v) is 18.0. The van der Waals surface area contributed by atoms with E-state index in [1.165, 1.54) is 0 Å². The van der Waals surface area contributed by atoms with Crippen LogP contribution in [0.4, 0.5) is 13.2 Å². The third kappa shape index (κ3) is 7.13. The van der Waals surface area contributed by atoms with E-state index in [0.717, 1.165) is 30.5 Å². The molecule has 0 fully saturated rings. The number of hydrogen-bond acceptors (Lipinski definition) is 2. The molecule has 3 atom stereocenters. The summed E-state index contributed by atoms with van der Waals surface area (Å²) in [4.78, 5) is 0. The molecule has 0 bridgehead atoms. The predicted molar refractivity (Wildman–Crippen MR) is 105 cm³/mol. The molecule has 2 nitrogen and oxygen atoms in total. The van der Waals surface area contributed by atoms with Gasteiger partial charge in [-0.3, -0.25) is 0 Å². The number of alkyl halides is 3. The fraction of sp³-hybridized carbons (Fsp3) is 0.714. The monoisotopic (exact) mass is 406 g/mol. The second-order valence-electron chi connectivity index (χ2n) is 8.77. The Labute approximate surface area is 162 Å². The second-order valence-corrected chi connectivity index (χ2v) is 11.6. The van der Waals surface area contributed by atoms with Gasteiger partial charge in [-0.2, -0.15) is 13.2 Å². The topological polar surface area (TPSA) is 34.1 Å². The van der Waals surface area contributed by atoms with Crippen LogP contribution in [0.3, 0.4) is 0 Å². The molecule has 0 aromatic heterocycles. The van der Waals surface area contributed by atoms with Crippen LogP contribution < -0.4 is 0 Å². The van der Waals surface area contributed by atoms with Crippen LogP contribution in [0.15, 0.2) is 24.3 Å². The summed E-state index contributed by atoms with van der Waals surface area (Å²) in [5, 5.41) is 0. The highest BCUT2D eigenvalue weighted by Gasteiger charge is 2.31. The summed E-state index contributed by atoms with van der Waals surface area (Å²) < 4.78 is 61.7. The van der Waals surface area contributed by atoms with E-state index in [1.807, 2.05) is 0 Å². The molecule has 156 valence electrons. The van der Waals surface area contributed by atoms with Crippen molar-refractivity contribution in [3.05, 3.63) is 35.4 Å². The molecule has 6 heteroatoms. The van der Waals surface area contributed by atoms with Crippen molar-refractivity contribution in [2.45, 2.75) is 71.7 Å². The average molecular weight is 407 g/mol. The van der Waals surface area contributed by atoms with E-state index < -0.39 is 26.3 Å². The van der Waals surface area contributed by atoms with E-state index in [0.29, 0.717) is 18.3 Å². The Morgan fingerprint density at radius 2 is 1.37 bits per heavy atom. The lowest BCUT2D eigenvalue weighted by Crippen LogP contribution is -2.31. The van der Waals surface area contributed by atoms with Gasteiger partial charge in [-0.05, 0) is 75.5 Å². The summed E-state index contributed by atoms with van der Waals surface area (Å²) in [6.45, 7) is 11.5. The number of hydrogen-bond donors (Lipinski definition) is 0. The highest BCUT2D eigenvalue weighted by molar-refractivity contribution is 7.92. The molecule has 1 rings (SSSR count). The van der Waals surface area contributed by atoms with Crippen molar-refractivity contribution in [3.63, 3.8) is 0 Å². The Balaban J connectivity index is 2.55. The van der Waals surface area contributed by atoms with Gasteiger partial charge < -0.3 is 0 Å². The molecule has 0 heterocycles. The first-order valence-electron chi connectivity index (χ1n) is 9.53. The van der Waals surface area contributed by atoms with Crippen molar-refractivity contribution < 1.29 is 21.6 Å². The Morgan fingerprint density at radius 1 is 0.889 bits per heavy atom. The minimum Gasteiger partial charge on any atom is -0.228 e. The number of rotatable bonds is 8. The molecule has 0 radical (unpaired) electrons. The highest BCUT2D eigenvalue weighted by Crippen LogP contribution is 2.31. The van der Waals surface area contributed by atoms with Gasteiger partial charge in [0.05, 0.1) is 16.1 Å². The van der Waals surface area contributed by atoms with Crippen LogP contribution in [-0.2, 0) is 22.4 Å². The second kappa shape index (κ2) is 8.97. The molecular weight excluding hydrogens is 373 g/mol. The minimum atomic E-state index is -4.30. The molecule has 0 amide bonds. The average Bonchev–Trinajstić information content (AvgIpc) is 2.55. The van der Waals surface area contributed by atoms with Crippen LogP contribution >= 0.6 is 0 Å². The lowest BCUT2D eigenvalue weighted by molar-refractivity contribution is -0.137. The number of aryl methyl sites for hydroxylation is 1. The molecule has 0 aliphatic rings. The van der Waals surface area contributed by atoms with E-state index in [1.54, 1.807) is 32.9 Å². The summed E-state index contributed by atoms with van der Waals surface area (Å²) >= 11 is 0. The SMILES string of the molecule is CC(CCc1ccc(C(F)(F)F)cc1)C(C)C(C)CCS(=O)(=O)C(C)(C)C. The third-order valence-corrected chi connectivity index (χ3v) is 8.38. The third-order valence-electron chi connectivity index (χ3n) is 5.74. The zero-order valence-electron chi connectivity index (χ0n) is 17.2. The maximum Gasteiger partial charge on any atom is 0.416 e. The normalized spacial score (nSPS) is 16.8. The van der Waals surface area contributed by atoms with Crippen molar-refractivity contribution in [2.24, 2.45) is 17.8 Å². The molecule has 0 saturated heterocycles. The first-order chi connectivity index (χ1) is 12.1. The predicted octanol–water partition coefficient (Wildman–Crippen LogP) is 6.15. The first-order valence-corrected chi connectivity index (χ1v) is 11.2. The molecule has 0 aliphatic heterocycles. The molecule has 0 aliphatic carbocycles. The number of halogens is 3. The fourth-order valence-electron chi connectivity index (χ4n) is 2.99. The largest absolute Gasteiger partial charge is 0.416 e. The van der Waals surface area contributed by atoms with Gasteiger partial charge in [-0.15, -0.1) is 0 Å². The summed E-state index contributed by atoms with van der Waals surface area (Å²) in [6.07, 6.45) is -2.09. The van der Waals surface area contributed by atoms with Crippen LogP contribution in [0.5, 0.6) is 0 Å².